The molecule has 2 aromatic rings. The number of nitrogens with one attached hydrogen (secondary N) is 2. The molecule has 0 amide bonds. The minimum absolute atomic E-state index is 0.00740. The van der Waals surface area contributed by atoms with E-state index >= 15 is 0 Å². The van der Waals surface area contributed by atoms with E-state index in [-0.39, 0.29) is 5.69 Å². The average molecular weight is 351 g/mol. The van der Waals surface area contributed by atoms with Crippen LogP contribution in [0.15, 0.2) is 34.8 Å². The molecule has 21 heavy (non-hydrogen) atoms. The number of anilines is 3. The predicted octanol–water partition coefficient (Wildman–Crippen LogP) is 4.10. The number of benzene rings is 1. The lowest BCUT2D eigenvalue weighted by Gasteiger charge is -2.11. The standard InChI is InChI=1S/C14H15BrN4O2/c1-3-9-6-10(15)4-5-12(9)17-14-8-11(19(20)21)7-13(16-2)18-14/h4-8H,3H2,1-2H3,(H2,16,17,18). The Bertz CT molecular complexity index is 676. The number of pyridine rings is 1. The van der Waals surface area contributed by atoms with Crippen LogP contribution in [0.2, 0.25) is 0 Å². The third kappa shape index (κ3) is 3.69. The summed E-state index contributed by atoms with van der Waals surface area (Å²) in [6, 6.07) is 8.66. The predicted molar refractivity (Wildman–Crippen MR) is 87.2 cm³/mol. The van der Waals surface area contributed by atoms with Gasteiger partial charge in [0, 0.05) is 17.2 Å². The molecule has 6 nitrogen and oxygen atoms in total. The normalized spacial score (nSPS) is 10.2. The topological polar surface area (TPSA) is 80.1 Å². The Balaban J connectivity index is 2.39. The van der Waals surface area contributed by atoms with Crippen molar-refractivity contribution in [3.05, 3.63) is 50.5 Å². The van der Waals surface area contributed by atoms with Crippen molar-refractivity contribution in [3.63, 3.8) is 0 Å². The van der Waals surface area contributed by atoms with Gasteiger partial charge in [-0.1, -0.05) is 22.9 Å². The zero-order valence-electron chi connectivity index (χ0n) is 11.7. The largest absolute Gasteiger partial charge is 0.373 e. The Morgan fingerprint density at radius 2 is 2.00 bits per heavy atom. The van der Waals surface area contributed by atoms with Gasteiger partial charge in [0.05, 0.1) is 17.1 Å². The van der Waals surface area contributed by atoms with Gasteiger partial charge in [-0.25, -0.2) is 4.98 Å². The van der Waals surface area contributed by atoms with Gasteiger partial charge in [0.1, 0.15) is 11.6 Å². The first kappa shape index (κ1) is 15.2. The van der Waals surface area contributed by atoms with Gasteiger partial charge < -0.3 is 10.6 Å². The van der Waals surface area contributed by atoms with Crippen molar-refractivity contribution in [1.29, 1.82) is 0 Å². The van der Waals surface area contributed by atoms with Crippen molar-refractivity contribution in [3.8, 4) is 0 Å². The molecule has 2 rings (SSSR count). The Morgan fingerprint density at radius 3 is 2.62 bits per heavy atom. The van der Waals surface area contributed by atoms with Crippen LogP contribution in [0.25, 0.3) is 0 Å². The Kier molecular flexibility index (Phi) is 4.74. The minimum Gasteiger partial charge on any atom is -0.373 e. The summed E-state index contributed by atoms with van der Waals surface area (Å²) < 4.78 is 0.993. The van der Waals surface area contributed by atoms with Gasteiger partial charge in [0.25, 0.3) is 5.69 Å². The molecule has 0 fully saturated rings. The first-order valence-electron chi connectivity index (χ1n) is 6.43. The highest BCUT2D eigenvalue weighted by Crippen LogP contribution is 2.27. The lowest BCUT2D eigenvalue weighted by Crippen LogP contribution is -2.02. The molecule has 1 heterocycles. The number of aryl methyl sites for hydroxylation is 1. The van der Waals surface area contributed by atoms with Crippen molar-refractivity contribution in [2.24, 2.45) is 0 Å². The van der Waals surface area contributed by atoms with E-state index in [1.807, 2.05) is 25.1 Å². The number of hydrogen-bond acceptors (Lipinski definition) is 5. The molecule has 0 aliphatic heterocycles. The molecule has 2 N–H and O–H groups in total. The molecular weight excluding hydrogens is 336 g/mol. The van der Waals surface area contributed by atoms with E-state index in [0.29, 0.717) is 11.6 Å². The number of rotatable bonds is 5. The maximum atomic E-state index is 11.0. The fourth-order valence-corrected chi connectivity index (χ4v) is 2.34. The highest BCUT2D eigenvalue weighted by atomic mass is 79.9. The summed E-state index contributed by atoms with van der Waals surface area (Å²) in [6.07, 6.45) is 0.843. The second-order valence-corrected chi connectivity index (χ2v) is 5.30. The molecule has 1 aromatic heterocycles. The number of nitro groups is 1. The van der Waals surface area contributed by atoms with Crippen LogP contribution < -0.4 is 10.6 Å². The van der Waals surface area contributed by atoms with E-state index in [0.717, 1.165) is 22.1 Å². The average Bonchev–Trinajstić information content (AvgIpc) is 2.48. The number of nitrogens with zero attached hydrogens (tertiary/aromatic N) is 2. The fraction of sp³-hybridized carbons (Fsp3) is 0.214. The molecule has 0 unspecified atom stereocenters. The van der Waals surface area contributed by atoms with E-state index < -0.39 is 4.92 Å². The van der Waals surface area contributed by atoms with Gasteiger partial charge in [0.2, 0.25) is 0 Å². The van der Waals surface area contributed by atoms with Gasteiger partial charge in [0.15, 0.2) is 0 Å². The van der Waals surface area contributed by atoms with Crippen molar-refractivity contribution in [2.45, 2.75) is 13.3 Å². The zero-order valence-corrected chi connectivity index (χ0v) is 13.3. The Hall–Kier alpha value is -2.15. The molecule has 110 valence electrons. The summed E-state index contributed by atoms with van der Waals surface area (Å²) in [4.78, 5) is 14.8. The molecule has 0 spiro atoms. The summed E-state index contributed by atoms with van der Waals surface area (Å²) in [6.45, 7) is 2.05. The van der Waals surface area contributed by atoms with Gasteiger partial charge >= 0.3 is 0 Å². The molecule has 0 atom stereocenters. The van der Waals surface area contributed by atoms with Gasteiger partial charge in [-0.05, 0) is 30.2 Å². The highest BCUT2D eigenvalue weighted by molar-refractivity contribution is 9.10. The summed E-state index contributed by atoms with van der Waals surface area (Å²) in [7, 11) is 1.67. The van der Waals surface area contributed by atoms with Crippen LogP contribution in [0.5, 0.6) is 0 Å². The lowest BCUT2D eigenvalue weighted by molar-refractivity contribution is -0.384. The van der Waals surface area contributed by atoms with Crippen LogP contribution in [-0.2, 0) is 6.42 Å². The summed E-state index contributed by atoms with van der Waals surface area (Å²) in [5, 5.41) is 16.9. The van der Waals surface area contributed by atoms with E-state index in [1.54, 1.807) is 7.05 Å². The second-order valence-electron chi connectivity index (χ2n) is 4.38. The van der Waals surface area contributed by atoms with Crippen molar-refractivity contribution in [2.75, 3.05) is 17.7 Å². The Morgan fingerprint density at radius 1 is 1.29 bits per heavy atom. The SMILES string of the molecule is CCc1cc(Br)ccc1Nc1cc([N+](=O)[O-])cc(NC)n1. The molecular formula is C14H15BrN4O2. The van der Waals surface area contributed by atoms with Crippen LogP contribution in [0.4, 0.5) is 23.0 Å². The number of halogens is 1. The summed E-state index contributed by atoms with van der Waals surface area (Å²) in [5.41, 5.74) is 1.98. The minimum atomic E-state index is -0.435. The molecule has 1 aromatic carbocycles. The smallest absolute Gasteiger partial charge is 0.276 e. The number of aromatic nitrogens is 1. The molecule has 7 heteroatoms. The molecule has 0 aliphatic carbocycles. The molecule has 0 aliphatic rings. The van der Waals surface area contributed by atoms with Crippen molar-refractivity contribution >= 4 is 38.9 Å². The van der Waals surface area contributed by atoms with E-state index in [4.69, 9.17) is 0 Å². The molecule has 0 saturated carbocycles. The second kappa shape index (κ2) is 6.53. The van der Waals surface area contributed by atoms with E-state index in [1.165, 1.54) is 12.1 Å². The first-order valence-corrected chi connectivity index (χ1v) is 7.22. The van der Waals surface area contributed by atoms with E-state index in [2.05, 4.69) is 31.5 Å². The van der Waals surface area contributed by atoms with Crippen LogP contribution in [0.3, 0.4) is 0 Å². The third-order valence-corrected chi connectivity index (χ3v) is 3.48. The highest BCUT2D eigenvalue weighted by Gasteiger charge is 2.12. The zero-order chi connectivity index (χ0) is 15.4. The quantitative estimate of drug-likeness (QED) is 0.626. The monoisotopic (exact) mass is 350 g/mol. The summed E-state index contributed by atoms with van der Waals surface area (Å²) in [5.74, 6) is 0.882. The third-order valence-electron chi connectivity index (χ3n) is 2.99. The Labute approximate surface area is 130 Å². The van der Waals surface area contributed by atoms with E-state index in [9.17, 15) is 10.1 Å². The van der Waals surface area contributed by atoms with Crippen LogP contribution in [0, 0.1) is 10.1 Å². The number of hydrogen-bond donors (Lipinski definition) is 2. The fourth-order valence-electron chi connectivity index (χ4n) is 1.93. The molecule has 0 saturated heterocycles. The maximum Gasteiger partial charge on any atom is 0.276 e. The van der Waals surface area contributed by atoms with Gasteiger partial charge in [-0.15, -0.1) is 0 Å². The summed E-state index contributed by atoms with van der Waals surface area (Å²) >= 11 is 3.43. The van der Waals surface area contributed by atoms with Crippen LogP contribution in [-0.4, -0.2) is 17.0 Å². The van der Waals surface area contributed by atoms with Crippen molar-refractivity contribution in [1.82, 2.24) is 4.98 Å². The maximum absolute atomic E-state index is 11.0. The lowest BCUT2D eigenvalue weighted by atomic mass is 10.1. The first-order chi connectivity index (χ1) is 10.0. The van der Waals surface area contributed by atoms with Crippen LogP contribution in [0.1, 0.15) is 12.5 Å². The molecule has 0 radical (unpaired) electrons. The van der Waals surface area contributed by atoms with Crippen molar-refractivity contribution < 1.29 is 4.92 Å². The molecule has 0 bridgehead atoms. The van der Waals surface area contributed by atoms with Crippen LogP contribution >= 0.6 is 15.9 Å². The van der Waals surface area contributed by atoms with Gasteiger partial charge in [-0.3, -0.25) is 10.1 Å². The van der Waals surface area contributed by atoms with Gasteiger partial charge in [-0.2, -0.15) is 0 Å².